The number of halogens is 3. The fourth-order valence-electron chi connectivity index (χ4n) is 6.60. The Morgan fingerprint density at radius 2 is 1.98 bits per heavy atom. The molecule has 0 unspecified atom stereocenters. The van der Waals surface area contributed by atoms with E-state index >= 15 is 0 Å². The number of anilines is 1. The van der Waals surface area contributed by atoms with Crippen molar-refractivity contribution in [3.63, 3.8) is 0 Å². The lowest BCUT2D eigenvalue weighted by molar-refractivity contribution is -0.124. The van der Waals surface area contributed by atoms with Gasteiger partial charge in [0, 0.05) is 34.2 Å². The molecule has 9 heteroatoms. The van der Waals surface area contributed by atoms with E-state index in [2.05, 4.69) is 43.3 Å². The number of hydrogen-bond donors (Lipinski definition) is 4. The first-order chi connectivity index (χ1) is 18.9. The third-order valence-corrected chi connectivity index (χ3v) is 8.86. The molecule has 2 aliphatic heterocycles. The van der Waals surface area contributed by atoms with Gasteiger partial charge in [-0.25, -0.2) is 4.39 Å². The molecule has 4 rings (SSSR count). The third-order valence-electron chi connectivity index (χ3n) is 8.40. The Labute approximate surface area is 246 Å². The monoisotopic (exact) mass is 591 g/mol. The van der Waals surface area contributed by atoms with Crippen molar-refractivity contribution in [1.29, 1.82) is 0 Å². The van der Waals surface area contributed by atoms with Crippen molar-refractivity contribution in [2.24, 2.45) is 17.3 Å². The Bertz CT molecular complexity index is 1200. The molecule has 1 aromatic carbocycles. The zero-order valence-corrected chi connectivity index (χ0v) is 24.9. The van der Waals surface area contributed by atoms with Crippen molar-refractivity contribution in [2.75, 3.05) is 18.5 Å². The largest absolute Gasteiger partial charge is 0.393 e. The Hall–Kier alpha value is -2.19. The van der Waals surface area contributed by atoms with Gasteiger partial charge < -0.3 is 21.1 Å². The normalized spacial score (nSPS) is 30.5. The molecule has 218 valence electrons. The lowest BCUT2D eigenvalue weighted by Crippen LogP contribution is -2.50. The molecule has 1 saturated carbocycles. The van der Waals surface area contributed by atoms with Crippen molar-refractivity contribution in [1.82, 2.24) is 10.6 Å². The van der Waals surface area contributed by atoms with E-state index in [0.717, 1.165) is 31.2 Å². The van der Waals surface area contributed by atoms with Crippen molar-refractivity contribution in [3.8, 4) is 0 Å². The van der Waals surface area contributed by atoms with E-state index in [1.807, 2.05) is 6.07 Å². The number of allylic oxidation sites excluding steroid dienone is 4. The maximum atomic E-state index is 14.1. The second kappa shape index (κ2) is 12.4. The number of amides is 2. The molecule has 2 fully saturated rings. The fourth-order valence-corrected chi connectivity index (χ4v) is 6.85. The molecule has 2 heterocycles. The van der Waals surface area contributed by atoms with E-state index in [1.54, 1.807) is 24.3 Å². The van der Waals surface area contributed by atoms with Crippen LogP contribution in [0, 0.1) is 17.3 Å². The molecule has 4 atom stereocenters. The maximum absolute atomic E-state index is 14.1. The van der Waals surface area contributed by atoms with Crippen LogP contribution in [-0.2, 0) is 15.0 Å². The van der Waals surface area contributed by atoms with Crippen LogP contribution in [0.25, 0.3) is 0 Å². The standard InChI is InChI=1S/C31H40Cl2FN3O3/c1-18(6-5-7-21(33)16-34)26-27(28(39)35-17-19-8-11-22(38)12-9-19)37-25(15-30(2,3)4)31(26)23-13-10-20(32)14-24(23)36-29(31)40/h5-7,10,13-14,19,22,25-27,37-38H,1,8-9,11-12,15-17H2,2-4H3,(H,35,39)(H,36,40)/b6-5-,21-7+/t19?,22?,25-,26-,27+,31+/m0/s1. The molecule has 4 N–H and O–H groups in total. The molecule has 1 aliphatic carbocycles. The first-order valence-electron chi connectivity index (χ1n) is 14.0. The average Bonchev–Trinajstić information content (AvgIpc) is 3.36. The Balaban J connectivity index is 1.76. The second-order valence-corrected chi connectivity index (χ2v) is 13.5. The number of alkyl halides is 1. The van der Waals surface area contributed by atoms with Crippen LogP contribution >= 0.6 is 23.2 Å². The molecule has 1 saturated heterocycles. The van der Waals surface area contributed by atoms with Crippen molar-refractivity contribution in [2.45, 2.75) is 76.5 Å². The third kappa shape index (κ3) is 6.33. The van der Waals surface area contributed by atoms with Gasteiger partial charge in [0.05, 0.1) is 12.1 Å². The minimum Gasteiger partial charge on any atom is -0.393 e. The summed E-state index contributed by atoms with van der Waals surface area (Å²) in [6, 6.07) is 4.25. The Morgan fingerprint density at radius 3 is 2.62 bits per heavy atom. The van der Waals surface area contributed by atoms with Gasteiger partial charge in [0.15, 0.2) is 0 Å². The van der Waals surface area contributed by atoms with Crippen LogP contribution in [0.2, 0.25) is 5.02 Å². The van der Waals surface area contributed by atoms with Crippen LogP contribution in [0.4, 0.5) is 10.1 Å². The Morgan fingerprint density at radius 1 is 1.27 bits per heavy atom. The van der Waals surface area contributed by atoms with Gasteiger partial charge in [-0.05, 0) is 72.8 Å². The van der Waals surface area contributed by atoms with Gasteiger partial charge in [0.25, 0.3) is 0 Å². The van der Waals surface area contributed by atoms with Crippen molar-refractivity contribution >= 4 is 40.7 Å². The number of carbonyl (C=O) groups excluding carboxylic acids is 2. The first-order valence-corrected chi connectivity index (χ1v) is 14.7. The van der Waals surface area contributed by atoms with Crippen LogP contribution in [0.3, 0.4) is 0 Å². The minimum atomic E-state index is -1.13. The van der Waals surface area contributed by atoms with Gasteiger partial charge in [-0.15, -0.1) is 0 Å². The van der Waals surface area contributed by atoms with Gasteiger partial charge in [-0.1, -0.05) is 68.8 Å². The molecule has 0 aromatic heterocycles. The zero-order chi connectivity index (χ0) is 29.2. The number of benzene rings is 1. The SMILES string of the molecule is C=C(/C=C\C=C(\Cl)CF)[C@H]1[C@H](C(=O)NCC2CCC(O)CC2)N[C@@H](CC(C)(C)C)[C@@]12C(=O)Nc1cc(Cl)ccc12. The number of aliphatic hydroxyl groups excluding tert-OH is 1. The summed E-state index contributed by atoms with van der Waals surface area (Å²) in [6.07, 6.45) is 8.28. The number of nitrogens with one attached hydrogen (secondary N) is 3. The maximum Gasteiger partial charge on any atom is 0.237 e. The number of rotatable bonds is 8. The van der Waals surface area contributed by atoms with E-state index in [4.69, 9.17) is 23.2 Å². The van der Waals surface area contributed by atoms with E-state index in [-0.39, 0.29) is 34.4 Å². The predicted molar refractivity (Wildman–Crippen MR) is 159 cm³/mol. The van der Waals surface area contributed by atoms with Crippen molar-refractivity contribution < 1.29 is 19.1 Å². The molecule has 6 nitrogen and oxygen atoms in total. The smallest absolute Gasteiger partial charge is 0.237 e. The number of aliphatic hydroxyl groups is 1. The van der Waals surface area contributed by atoms with Crippen LogP contribution in [-0.4, -0.2) is 48.3 Å². The van der Waals surface area contributed by atoms with Crippen LogP contribution in [0.15, 0.2) is 53.6 Å². The minimum absolute atomic E-state index is 0.0411. The molecular weight excluding hydrogens is 552 g/mol. The summed E-state index contributed by atoms with van der Waals surface area (Å²) in [5.74, 6) is -0.751. The second-order valence-electron chi connectivity index (χ2n) is 12.6. The van der Waals surface area contributed by atoms with Gasteiger partial charge in [0.2, 0.25) is 11.8 Å². The van der Waals surface area contributed by atoms with Crippen LogP contribution < -0.4 is 16.0 Å². The average molecular weight is 593 g/mol. The van der Waals surface area contributed by atoms with Gasteiger partial charge in [-0.3, -0.25) is 9.59 Å². The first kappa shape index (κ1) is 30.8. The lowest BCUT2D eigenvalue weighted by atomic mass is 9.62. The number of carbonyl (C=O) groups is 2. The van der Waals surface area contributed by atoms with E-state index < -0.39 is 24.0 Å². The molecule has 3 aliphatic rings. The highest BCUT2D eigenvalue weighted by Gasteiger charge is 2.65. The molecule has 0 radical (unpaired) electrons. The summed E-state index contributed by atoms with van der Waals surface area (Å²) in [6.45, 7) is 10.4. The van der Waals surface area contributed by atoms with Crippen molar-refractivity contribution in [3.05, 3.63) is 64.2 Å². The highest BCUT2D eigenvalue weighted by molar-refractivity contribution is 6.31. The highest BCUT2D eigenvalue weighted by atomic mass is 35.5. The summed E-state index contributed by atoms with van der Waals surface area (Å²) in [4.78, 5) is 28.0. The van der Waals surface area contributed by atoms with E-state index in [1.165, 1.54) is 6.08 Å². The molecule has 2 amide bonds. The van der Waals surface area contributed by atoms with E-state index in [9.17, 15) is 19.1 Å². The molecular formula is C31H40Cl2FN3O3. The molecule has 0 bridgehead atoms. The highest BCUT2D eigenvalue weighted by Crippen LogP contribution is 2.55. The summed E-state index contributed by atoms with van der Waals surface area (Å²) < 4.78 is 12.9. The van der Waals surface area contributed by atoms with Crippen LogP contribution in [0.5, 0.6) is 0 Å². The number of fused-ring (bicyclic) bond motifs is 2. The number of hydrogen-bond acceptors (Lipinski definition) is 4. The summed E-state index contributed by atoms with van der Waals surface area (Å²) >= 11 is 12.2. The van der Waals surface area contributed by atoms with Crippen LogP contribution in [0.1, 0.15) is 58.4 Å². The molecule has 1 aromatic rings. The fraction of sp³-hybridized carbons (Fsp3) is 0.548. The molecule has 40 heavy (non-hydrogen) atoms. The van der Waals surface area contributed by atoms with Gasteiger partial charge >= 0.3 is 0 Å². The predicted octanol–water partition coefficient (Wildman–Crippen LogP) is 5.79. The lowest BCUT2D eigenvalue weighted by Gasteiger charge is -2.37. The summed E-state index contributed by atoms with van der Waals surface area (Å²) in [7, 11) is 0. The summed E-state index contributed by atoms with van der Waals surface area (Å²) in [5, 5.41) is 20.1. The zero-order valence-electron chi connectivity index (χ0n) is 23.4. The topological polar surface area (TPSA) is 90.5 Å². The Kier molecular flexibility index (Phi) is 9.50. The quantitative estimate of drug-likeness (QED) is 0.288. The summed E-state index contributed by atoms with van der Waals surface area (Å²) in [5.41, 5.74) is 0.675. The van der Waals surface area contributed by atoms with Gasteiger partial charge in [0.1, 0.15) is 12.1 Å². The van der Waals surface area contributed by atoms with Gasteiger partial charge in [-0.2, -0.15) is 0 Å². The van der Waals surface area contributed by atoms with E-state index in [0.29, 0.717) is 35.2 Å². The molecule has 1 spiro atoms.